The molecule has 0 aromatic rings. The molecule has 0 aromatic heterocycles. The largest absolute Gasteiger partial charge is 0.387 e. The average Bonchev–Trinajstić information content (AvgIpc) is 2.29. The summed E-state index contributed by atoms with van der Waals surface area (Å²) >= 11 is 0. The fraction of sp³-hybridized carbons (Fsp3) is 0.667. The van der Waals surface area contributed by atoms with Crippen molar-refractivity contribution in [2.24, 2.45) is 11.8 Å². The lowest BCUT2D eigenvalue weighted by atomic mass is 9.78. The Labute approximate surface area is 85.5 Å². The molecular weight excluding hydrogens is 172 g/mol. The molecule has 76 valence electrons. The highest BCUT2D eigenvalue weighted by Gasteiger charge is 2.30. The number of rotatable bonds is 0. The van der Waals surface area contributed by atoms with Crippen molar-refractivity contribution < 1.29 is 0 Å². The molecule has 0 saturated carbocycles. The van der Waals surface area contributed by atoms with Crippen LogP contribution in [0.15, 0.2) is 23.5 Å². The Kier molecular flexibility index (Phi) is 2.00. The predicted octanol–water partition coefficient (Wildman–Crippen LogP) is 1.77. The smallest absolute Gasteiger partial charge is 0.0374 e. The Morgan fingerprint density at radius 2 is 2.07 bits per heavy atom. The van der Waals surface area contributed by atoms with Gasteiger partial charge in [0, 0.05) is 36.3 Å². The van der Waals surface area contributed by atoms with Crippen molar-refractivity contribution >= 4 is 0 Å². The molecule has 1 fully saturated rings. The first kappa shape index (κ1) is 8.39. The molecule has 2 unspecified atom stereocenters. The molecular formula is C12H18N2. The monoisotopic (exact) mass is 190 g/mol. The van der Waals surface area contributed by atoms with Crippen molar-refractivity contribution in [2.75, 3.05) is 13.1 Å². The van der Waals surface area contributed by atoms with Crippen molar-refractivity contribution in [3.63, 3.8) is 0 Å². The van der Waals surface area contributed by atoms with Crippen LogP contribution < -0.4 is 10.6 Å². The molecule has 2 atom stereocenters. The standard InChI is InChI=1S/C12H18N2/c1-3-9-5-6-10-4-2-8-14-12(10)11(9)13-7-1/h1,3,9-10,13-14H,2,4-8H2. The van der Waals surface area contributed by atoms with Crippen molar-refractivity contribution in [1.82, 2.24) is 10.6 Å². The Morgan fingerprint density at radius 3 is 3.07 bits per heavy atom. The van der Waals surface area contributed by atoms with E-state index in [0.717, 1.165) is 12.5 Å². The zero-order chi connectivity index (χ0) is 9.38. The summed E-state index contributed by atoms with van der Waals surface area (Å²) < 4.78 is 0. The maximum absolute atomic E-state index is 3.60. The first-order valence-electron chi connectivity index (χ1n) is 5.83. The van der Waals surface area contributed by atoms with E-state index in [-0.39, 0.29) is 0 Å². The first-order valence-corrected chi connectivity index (χ1v) is 5.83. The molecule has 0 aromatic carbocycles. The quantitative estimate of drug-likeness (QED) is 0.569. The fourth-order valence-corrected chi connectivity index (χ4v) is 3.01. The predicted molar refractivity (Wildman–Crippen MR) is 57.6 cm³/mol. The molecule has 0 radical (unpaired) electrons. The van der Waals surface area contributed by atoms with E-state index >= 15 is 0 Å². The average molecular weight is 190 g/mol. The Hall–Kier alpha value is -0.920. The number of fused-ring (bicyclic) bond motifs is 2. The van der Waals surface area contributed by atoms with E-state index in [2.05, 4.69) is 22.8 Å². The molecule has 1 saturated heterocycles. The second-order valence-corrected chi connectivity index (χ2v) is 4.59. The molecule has 2 heterocycles. The van der Waals surface area contributed by atoms with Crippen molar-refractivity contribution in [3.05, 3.63) is 23.5 Å². The van der Waals surface area contributed by atoms with Gasteiger partial charge in [-0.3, -0.25) is 0 Å². The normalized spacial score (nSPS) is 35.4. The van der Waals surface area contributed by atoms with Gasteiger partial charge in [0.15, 0.2) is 0 Å². The lowest BCUT2D eigenvalue weighted by Gasteiger charge is -2.38. The third kappa shape index (κ3) is 1.24. The van der Waals surface area contributed by atoms with Crippen molar-refractivity contribution in [2.45, 2.75) is 25.7 Å². The van der Waals surface area contributed by atoms with Crippen LogP contribution in [0, 0.1) is 11.8 Å². The van der Waals surface area contributed by atoms with Crippen LogP contribution in [-0.4, -0.2) is 13.1 Å². The van der Waals surface area contributed by atoms with Crippen LogP contribution >= 0.6 is 0 Å². The summed E-state index contributed by atoms with van der Waals surface area (Å²) in [5.74, 6) is 1.51. The lowest BCUT2D eigenvalue weighted by Crippen LogP contribution is -2.38. The third-order valence-electron chi connectivity index (χ3n) is 3.72. The second-order valence-electron chi connectivity index (χ2n) is 4.59. The molecule has 14 heavy (non-hydrogen) atoms. The van der Waals surface area contributed by atoms with E-state index in [9.17, 15) is 0 Å². The molecule has 1 aliphatic carbocycles. The molecule has 2 N–H and O–H groups in total. The molecule has 0 bridgehead atoms. The van der Waals surface area contributed by atoms with E-state index < -0.39 is 0 Å². The SMILES string of the molecule is C1=CC2CCC3CCCNC3=C2NC1. The van der Waals surface area contributed by atoms with Crippen LogP contribution in [0.5, 0.6) is 0 Å². The van der Waals surface area contributed by atoms with Crippen LogP contribution in [0.1, 0.15) is 25.7 Å². The summed E-state index contributed by atoms with van der Waals surface area (Å²) in [5, 5.41) is 7.15. The summed E-state index contributed by atoms with van der Waals surface area (Å²) in [4.78, 5) is 0. The number of hydrogen-bond acceptors (Lipinski definition) is 2. The topological polar surface area (TPSA) is 24.1 Å². The molecule has 0 amide bonds. The van der Waals surface area contributed by atoms with Crippen LogP contribution in [0.25, 0.3) is 0 Å². The molecule has 2 nitrogen and oxygen atoms in total. The van der Waals surface area contributed by atoms with Crippen LogP contribution in [-0.2, 0) is 0 Å². The van der Waals surface area contributed by atoms with Crippen LogP contribution in [0.3, 0.4) is 0 Å². The summed E-state index contributed by atoms with van der Waals surface area (Å²) in [5.41, 5.74) is 3.04. The van der Waals surface area contributed by atoms with E-state index in [1.165, 1.54) is 43.6 Å². The molecule has 3 rings (SSSR count). The zero-order valence-corrected chi connectivity index (χ0v) is 8.55. The second kappa shape index (κ2) is 3.34. The number of nitrogens with one attached hydrogen (secondary N) is 2. The zero-order valence-electron chi connectivity index (χ0n) is 8.55. The first-order chi connectivity index (χ1) is 6.95. The van der Waals surface area contributed by atoms with Gasteiger partial charge in [-0.1, -0.05) is 12.2 Å². The van der Waals surface area contributed by atoms with Gasteiger partial charge in [-0.25, -0.2) is 0 Å². The van der Waals surface area contributed by atoms with Gasteiger partial charge in [0.1, 0.15) is 0 Å². The van der Waals surface area contributed by atoms with E-state index in [1.54, 1.807) is 0 Å². The van der Waals surface area contributed by atoms with Gasteiger partial charge in [0.25, 0.3) is 0 Å². The third-order valence-corrected chi connectivity index (χ3v) is 3.72. The highest BCUT2D eigenvalue weighted by Crippen LogP contribution is 2.37. The fourth-order valence-electron chi connectivity index (χ4n) is 3.01. The van der Waals surface area contributed by atoms with Crippen LogP contribution in [0.2, 0.25) is 0 Å². The highest BCUT2D eigenvalue weighted by molar-refractivity contribution is 5.27. The van der Waals surface area contributed by atoms with Crippen molar-refractivity contribution in [1.29, 1.82) is 0 Å². The van der Waals surface area contributed by atoms with Crippen molar-refractivity contribution in [3.8, 4) is 0 Å². The molecule has 3 aliphatic rings. The van der Waals surface area contributed by atoms with Gasteiger partial charge in [0.05, 0.1) is 0 Å². The number of piperidine rings is 1. The minimum absolute atomic E-state index is 0.681. The van der Waals surface area contributed by atoms with E-state index in [1.807, 2.05) is 0 Å². The highest BCUT2D eigenvalue weighted by atomic mass is 15.0. The molecule has 2 heteroatoms. The maximum atomic E-state index is 3.60. The summed E-state index contributed by atoms with van der Waals surface area (Å²) in [6.07, 6.45) is 10.1. The molecule has 0 spiro atoms. The maximum Gasteiger partial charge on any atom is 0.0374 e. The van der Waals surface area contributed by atoms with Crippen LogP contribution in [0.4, 0.5) is 0 Å². The minimum Gasteiger partial charge on any atom is -0.387 e. The Balaban J connectivity index is 1.96. The molecule has 2 aliphatic heterocycles. The van der Waals surface area contributed by atoms with Gasteiger partial charge in [0.2, 0.25) is 0 Å². The summed E-state index contributed by atoms with van der Waals surface area (Å²) in [6.45, 7) is 2.19. The van der Waals surface area contributed by atoms with E-state index in [0.29, 0.717) is 5.92 Å². The van der Waals surface area contributed by atoms with Gasteiger partial charge in [-0.15, -0.1) is 0 Å². The number of hydrogen-bond donors (Lipinski definition) is 2. The van der Waals surface area contributed by atoms with Gasteiger partial charge in [-0.05, 0) is 25.7 Å². The number of allylic oxidation sites excluding steroid dienone is 2. The lowest BCUT2D eigenvalue weighted by molar-refractivity contribution is 0.349. The van der Waals surface area contributed by atoms with Gasteiger partial charge < -0.3 is 10.6 Å². The van der Waals surface area contributed by atoms with Gasteiger partial charge in [-0.2, -0.15) is 0 Å². The minimum atomic E-state index is 0.681. The van der Waals surface area contributed by atoms with E-state index in [4.69, 9.17) is 0 Å². The van der Waals surface area contributed by atoms with Gasteiger partial charge >= 0.3 is 0 Å². The Morgan fingerprint density at radius 1 is 1.07 bits per heavy atom. The summed E-state index contributed by atoms with van der Waals surface area (Å²) in [7, 11) is 0. The summed E-state index contributed by atoms with van der Waals surface area (Å²) in [6, 6.07) is 0. The Bertz CT molecular complexity index is 291.